The molecule has 6 aromatic rings. The molecule has 382 valence electrons. The van der Waals surface area contributed by atoms with Gasteiger partial charge in [-0.25, -0.2) is 15.0 Å². The van der Waals surface area contributed by atoms with Crippen LogP contribution in [0.5, 0.6) is 5.75 Å². The predicted molar refractivity (Wildman–Crippen MR) is 274 cm³/mol. The number of para-hydroxylation sites is 1. The van der Waals surface area contributed by atoms with Crippen LogP contribution in [0.1, 0.15) is 91.5 Å². The van der Waals surface area contributed by atoms with Gasteiger partial charge in [0.25, 0.3) is 11.8 Å². The average molecular weight is 1010 g/mol. The summed E-state index contributed by atoms with van der Waals surface area (Å²) < 4.78 is 7.32. The molecule has 2 fully saturated rings. The number of hydrogen-bond acceptors (Lipinski definition) is 16. The summed E-state index contributed by atoms with van der Waals surface area (Å²) in [7, 11) is 4.78. The van der Waals surface area contributed by atoms with E-state index in [0.29, 0.717) is 52.7 Å². The van der Waals surface area contributed by atoms with E-state index in [1.807, 2.05) is 70.5 Å². The average Bonchev–Trinajstić information content (AvgIpc) is 4.11. The maximum Gasteiger partial charge on any atom is 0.273 e. The molecule has 7 N–H and O–H groups in total. The van der Waals surface area contributed by atoms with Gasteiger partial charge in [-0.05, 0) is 73.4 Å². The number of likely N-dealkylation sites (tertiary alicyclic amines) is 1. The number of carbonyl (C=O) groups excluding carboxylic acids is 5. The molecule has 21 nitrogen and oxygen atoms in total. The number of aryl methyl sites for hydroxylation is 2. The first-order valence-corrected chi connectivity index (χ1v) is 24.8. The highest BCUT2D eigenvalue weighted by Gasteiger charge is 2.45. The molecule has 1 saturated carbocycles. The third kappa shape index (κ3) is 11.9. The van der Waals surface area contributed by atoms with Gasteiger partial charge in [0.1, 0.15) is 24.2 Å². The predicted octanol–water partition coefficient (Wildman–Crippen LogP) is 5.22. The molecule has 0 bridgehead atoms. The standard InChI is InChI=1S/C51H60N14O7S/c1-27(30-12-14-31(15-13-30)44-28(2)55-26-73-44)56-48(69)38-21-34(66)24-65(38)50(71)45(51(3,4)5)60-41(67)20-29-18-33(19-29)57-47(68)32-16-17-39(53-23-32)59-40-22-37(42(62-61-40)49(70)52-6)58-36-11-9-10-35(43(36)72-8)46-54-25-64(7)63-46/h9-17,22-23,25-27,29,33-34,38,45,66H,18-21,24H2,1-8H3,(H,52,70)(H,56,69)(H,57,68)(H,60,67)(H2,53,58,59,61)/t27-,29?,33?,34+,38-,45?/m0/s1. The Hall–Kier alpha value is -7.85. The zero-order valence-corrected chi connectivity index (χ0v) is 42.7. The third-order valence-corrected chi connectivity index (χ3v) is 13.9. The lowest BCUT2D eigenvalue weighted by molar-refractivity contribution is -0.144. The molecule has 4 aromatic heterocycles. The van der Waals surface area contributed by atoms with Crippen LogP contribution in [-0.4, -0.2) is 119 Å². The number of carbonyl (C=O) groups is 5. The molecule has 73 heavy (non-hydrogen) atoms. The summed E-state index contributed by atoms with van der Waals surface area (Å²) in [6.07, 6.45) is 3.46. The molecule has 1 saturated heterocycles. The van der Waals surface area contributed by atoms with Gasteiger partial charge in [0.2, 0.25) is 17.7 Å². The van der Waals surface area contributed by atoms with Crippen LogP contribution in [0.25, 0.3) is 21.8 Å². The van der Waals surface area contributed by atoms with E-state index in [-0.39, 0.29) is 66.6 Å². The van der Waals surface area contributed by atoms with Gasteiger partial charge >= 0.3 is 0 Å². The highest BCUT2D eigenvalue weighted by Crippen LogP contribution is 2.38. The molecule has 1 unspecified atom stereocenters. The molecule has 5 amide bonds. The van der Waals surface area contributed by atoms with Crippen molar-refractivity contribution >= 4 is 63.9 Å². The molecule has 0 radical (unpaired) electrons. The first-order chi connectivity index (χ1) is 34.9. The Labute approximate surface area is 426 Å². The van der Waals surface area contributed by atoms with E-state index < -0.39 is 35.4 Å². The number of pyridine rings is 1. The van der Waals surface area contributed by atoms with Crippen molar-refractivity contribution < 1.29 is 33.8 Å². The Kier molecular flexibility index (Phi) is 15.4. The molecule has 2 aliphatic rings. The van der Waals surface area contributed by atoms with E-state index in [1.54, 1.807) is 59.7 Å². The van der Waals surface area contributed by atoms with Gasteiger partial charge in [-0.2, -0.15) is 5.10 Å². The minimum absolute atomic E-state index is 0.0296. The number of aromatic nitrogens is 7. The highest BCUT2D eigenvalue weighted by atomic mass is 32.1. The normalized spacial score (nSPS) is 18.2. The van der Waals surface area contributed by atoms with E-state index >= 15 is 0 Å². The lowest BCUT2D eigenvalue weighted by Gasteiger charge is -2.38. The smallest absolute Gasteiger partial charge is 0.273 e. The number of ether oxygens (including phenoxy) is 1. The lowest BCUT2D eigenvalue weighted by Crippen LogP contribution is -2.58. The molecule has 22 heteroatoms. The molecule has 4 atom stereocenters. The summed E-state index contributed by atoms with van der Waals surface area (Å²) in [6, 6.07) is 15.7. The monoisotopic (exact) mass is 1010 g/mol. The second kappa shape index (κ2) is 21.9. The van der Waals surface area contributed by atoms with Crippen molar-refractivity contribution in [2.45, 2.75) is 90.6 Å². The van der Waals surface area contributed by atoms with Crippen molar-refractivity contribution in [2.24, 2.45) is 18.4 Å². The number of rotatable bonds is 17. The first-order valence-electron chi connectivity index (χ1n) is 23.9. The van der Waals surface area contributed by atoms with Crippen molar-refractivity contribution in [1.29, 1.82) is 0 Å². The van der Waals surface area contributed by atoms with Gasteiger partial charge in [0.15, 0.2) is 23.1 Å². The number of anilines is 4. The van der Waals surface area contributed by atoms with Crippen LogP contribution < -0.4 is 36.6 Å². The SMILES string of the molecule is CNC(=O)c1nnc(Nc2ccc(C(=O)NC3CC(CC(=O)NC(C(=O)N4C[C@H](O)C[C@H]4C(=O)N[C@@H](C)c4ccc(-c5scnc5C)cc4)C(C)(C)C)C3)cn2)cc1Nc1cccc(-c2ncn(C)n2)c1OC. The van der Waals surface area contributed by atoms with Crippen molar-refractivity contribution in [3.63, 3.8) is 0 Å². The van der Waals surface area contributed by atoms with Crippen LogP contribution in [0.4, 0.5) is 23.0 Å². The number of amides is 5. The number of benzene rings is 2. The number of methoxy groups -OCH3 is 1. The third-order valence-electron chi connectivity index (χ3n) is 13.0. The van der Waals surface area contributed by atoms with Gasteiger partial charge in [-0.1, -0.05) is 51.1 Å². The van der Waals surface area contributed by atoms with Crippen molar-refractivity contribution in [1.82, 2.24) is 61.1 Å². The number of hydrogen-bond donors (Lipinski definition) is 7. The molecule has 1 aliphatic heterocycles. The number of nitrogens with zero attached hydrogens (tertiary/aromatic N) is 8. The summed E-state index contributed by atoms with van der Waals surface area (Å²) >= 11 is 1.57. The topological polar surface area (TPSA) is 272 Å². The van der Waals surface area contributed by atoms with E-state index in [1.165, 1.54) is 25.3 Å². The highest BCUT2D eigenvalue weighted by molar-refractivity contribution is 7.13. The Morgan fingerprint density at radius 2 is 1.67 bits per heavy atom. The van der Waals surface area contributed by atoms with E-state index in [2.05, 4.69) is 62.1 Å². The quantitative estimate of drug-likeness (QED) is 0.0617. The maximum atomic E-state index is 14.2. The van der Waals surface area contributed by atoms with Gasteiger partial charge < -0.3 is 46.6 Å². The molecule has 0 spiro atoms. The summed E-state index contributed by atoms with van der Waals surface area (Å²) in [6.45, 7) is 9.34. The maximum absolute atomic E-state index is 14.2. The fourth-order valence-electron chi connectivity index (χ4n) is 8.99. The van der Waals surface area contributed by atoms with Gasteiger partial charge in [-0.15, -0.1) is 21.5 Å². The van der Waals surface area contributed by atoms with Gasteiger partial charge in [-0.3, -0.25) is 28.7 Å². The fraction of sp³-hybridized carbons (Fsp3) is 0.392. The number of aliphatic hydroxyl groups is 1. The number of thiazole rings is 1. The second-order valence-electron chi connectivity index (χ2n) is 19.5. The zero-order chi connectivity index (χ0) is 52.1. The Balaban J connectivity index is 0.826. The van der Waals surface area contributed by atoms with Crippen molar-refractivity contribution in [2.75, 3.05) is 31.3 Å². The van der Waals surface area contributed by atoms with Crippen molar-refractivity contribution in [3.8, 4) is 27.6 Å². The minimum atomic E-state index is -0.961. The Morgan fingerprint density at radius 1 is 0.904 bits per heavy atom. The second-order valence-corrected chi connectivity index (χ2v) is 20.3. The summed E-state index contributed by atoms with van der Waals surface area (Å²) in [5, 5.41) is 41.3. The van der Waals surface area contributed by atoms with Gasteiger partial charge in [0, 0.05) is 51.8 Å². The Morgan fingerprint density at radius 3 is 2.32 bits per heavy atom. The molecular formula is C51H60N14O7S. The van der Waals surface area contributed by atoms with Crippen LogP contribution in [0.15, 0.2) is 78.7 Å². The first kappa shape index (κ1) is 51.5. The van der Waals surface area contributed by atoms with Crippen LogP contribution in [0.3, 0.4) is 0 Å². The molecule has 5 heterocycles. The summed E-state index contributed by atoms with van der Waals surface area (Å²) in [5.74, 6) is -0.430. The zero-order valence-electron chi connectivity index (χ0n) is 41.9. The summed E-state index contributed by atoms with van der Waals surface area (Å²) in [5.41, 5.74) is 5.80. The largest absolute Gasteiger partial charge is 0.494 e. The molecular weight excluding hydrogens is 953 g/mol. The molecule has 8 rings (SSSR count). The number of β-amino-alcohol motifs (C(OH)–C–C–N with tert-alkyl or cyclic N) is 1. The lowest BCUT2D eigenvalue weighted by atomic mass is 9.77. The minimum Gasteiger partial charge on any atom is -0.494 e. The van der Waals surface area contributed by atoms with E-state index in [0.717, 1.165) is 21.7 Å². The van der Waals surface area contributed by atoms with Crippen LogP contribution >= 0.6 is 11.3 Å². The van der Waals surface area contributed by atoms with Crippen LogP contribution in [0, 0.1) is 18.3 Å². The molecule has 1 aliphatic carbocycles. The van der Waals surface area contributed by atoms with Crippen LogP contribution in [0.2, 0.25) is 0 Å². The van der Waals surface area contributed by atoms with E-state index in [4.69, 9.17) is 4.74 Å². The Bertz CT molecular complexity index is 2990. The number of aliphatic hydroxyl groups excluding tert-OH is 1. The van der Waals surface area contributed by atoms with Crippen molar-refractivity contribution in [3.05, 3.63) is 101 Å². The fourth-order valence-corrected chi connectivity index (χ4v) is 9.80. The molecule has 2 aromatic carbocycles. The van der Waals surface area contributed by atoms with E-state index in [9.17, 15) is 29.1 Å². The number of nitrogens with one attached hydrogen (secondary N) is 6. The van der Waals surface area contributed by atoms with Crippen LogP contribution in [-0.2, 0) is 21.4 Å². The summed E-state index contributed by atoms with van der Waals surface area (Å²) in [4.78, 5) is 83.2. The van der Waals surface area contributed by atoms with Gasteiger partial charge in [0.05, 0.1) is 57.8 Å².